The molecule has 0 aliphatic rings. The van der Waals surface area contributed by atoms with Gasteiger partial charge in [0.2, 0.25) is 0 Å². The highest BCUT2D eigenvalue weighted by Crippen LogP contribution is 2.34. The minimum atomic E-state index is -2.86. The molecule has 0 radical (unpaired) electrons. The molecule has 0 spiro atoms. The lowest BCUT2D eigenvalue weighted by Crippen LogP contribution is -2.18. The lowest BCUT2D eigenvalue weighted by molar-refractivity contribution is -0.0120. The van der Waals surface area contributed by atoms with Crippen molar-refractivity contribution in [2.75, 3.05) is 6.54 Å². The van der Waals surface area contributed by atoms with Crippen LogP contribution in [0.25, 0.3) is 0 Å². The van der Waals surface area contributed by atoms with E-state index in [-0.39, 0.29) is 24.3 Å². The first-order valence-corrected chi connectivity index (χ1v) is 4.13. The first-order valence-electron chi connectivity index (χ1n) is 4.13. The number of hydrogen-bond acceptors (Lipinski definition) is 2. The highest BCUT2D eigenvalue weighted by Gasteiger charge is 2.34. The van der Waals surface area contributed by atoms with Gasteiger partial charge < -0.3 is 10.2 Å². The van der Waals surface area contributed by atoms with E-state index < -0.39 is 5.92 Å². The average molecular weight is 189 g/mol. The maximum atomic E-state index is 13.3. The Morgan fingerprint density at radius 2 is 2.08 bits per heavy atom. The Labute approximate surface area is 75.7 Å². The van der Waals surface area contributed by atoms with Crippen LogP contribution >= 0.6 is 0 Å². The van der Waals surface area contributed by atoms with Gasteiger partial charge in [0.1, 0.15) is 11.5 Å². The summed E-state index contributed by atoms with van der Waals surface area (Å²) in [6, 6.07) is 1.37. The summed E-state index contributed by atoms with van der Waals surface area (Å²) in [5, 5.41) is 0. The molecule has 0 aliphatic heterocycles. The van der Waals surface area contributed by atoms with Crippen molar-refractivity contribution in [2.24, 2.45) is 5.73 Å². The molecule has 4 heteroatoms. The molecular weight excluding hydrogens is 176 g/mol. The Kier molecular flexibility index (Phi) is 2.71. The van der Waals surface area contributed by atoms with E-state index in [9.17, 15) is 8.78 Å². The fourth-order valence-electron chi connectivity index (χ4n) is 1.31. The van der Waals surface area contributed by atoms with Gasteiger partial charge in [-0.3, -0.25) is 0 Å². The maximum absolute atomic E-state index is 13.3. The van der Waals surface area contributed by atoms with Crippen LogP contribution in [-0.4, -0.2) is 6.54 Å². The first kappa shape index (κ1) is 10.2. The first-order chi connectivity index (χ1) is 5.97. The molecule has 0 aliphatic carbocycles. The number of alkyl halides is 2. The number of furan rings is 1. The number of aryl methyl sites for hydroxylation is 2. The minimum Gasteiger partial charge on any atom is -0.466 e. The van der Waals surface area contributed by atoms with E-state index in [4.69, 9.17) is 10.2 Å². The molecular formula is C9H13F2NO. The molecule has 1 aromatic heterocycles. The third-order valence-electron chi connectivity index (χ3n) is 1.89. The molecule has 13 heavy (non-hydrogen) atoms. The maximum Gasteiger partial charge on any atom is 0.277 e. The monoisotopic (exact) mass is 189 g/mol. The fourth-order valence-corrected chi connectivity index (χ4v) is 1.31. The Balaban J connectivity index is 2.98. The van der Waals surface area contributed by atoms with Crippen molar-refractivity contribution in [1.29, 1.82) is 0 Å². The molecule has 0 saturated carbocycles. The summed E-state index contributed by atoms with van der Waals surface area (Å²) in [6.45, 7) is 3.15. The summed E-state index contributed by atoms with van der Waals surface area (Å²) >= 11 is 0. The average Bonchev–Trinajstić information content (AvgIpc) is 2.30. The molecule has 0 saturated heterocycles. The lowest BCUT2D eigenvalue weighted by atomic mass is 10.1. The molecule has 1 heterocycles. The van der Waals surface area contributed by atoms with Crippen molar-refractivity contribution in [3.8, 4) is 0 Å². The Bertz CT molecular complexity index is 294. The summed E-state index contributed by atoms with van der Waals surface area (Å²) in [5.74, 6) is -2.09. The third-order valence-corrected chi connectivity index (χ3v) is 1.89. The van der Waals surface area contributed by atoms with Crippen LogP contribution < -0.4 is 5.73 Å². The van der Waals surface area contributed by atoms with Crippen molar-refractivity contribution < 1.29 is 13.2 Å². The summed E-state index contributed by atoms with van der Waals surface area (Å²) in [7, 11) is 0. The number of nitrogens with two attached hydrogens (primary N) is 1. The van der Waals surface area contributed by atoms with E-state index in [1.54, 1.807) is 6.92 Å². The van der Waals surface area contributed by atoms with Gasteiger partial charge in [0, 0.05) is 6.42 Å². The van der Waals surface area contributed by atoms with Crippen LogP contribution in [0.3, 0.4) is 0 Å². The highest BCUT2D eigenvalue weighted by atomic mass is 19.3. The SMILES string of the molecule is Cc1cc(C(F)(F)CCN)c(C)o1. The summed E-state index contributed by atoms with van der Waals surface area (Å²) in [6.07, 6.45) is -0.340. The Hall–Kier alpha value is -0.900. The van der Waals surface area contributed by atoms with Crippen LogP contribution in [0.5, 0.6) is 0 Å². The molecule has 0 fully saturated rings. The molecule has 74 valence electrons. The van der Waals surface area contributed by atoms with Crippen LogP contribution in [0.1, 0.15) is 23.5 Å². The molecule has 0 bridgehead atoms. The summed E-state index contributed by atoms with van der Waals surface area (Å²) in [5.41, 5.74) is 5.05. The number of halogens is 2. The second-order valence-electron chi connectivity index (χ2n) is 3.07. The van der Waals surface area contributed by atoms with E-state index in [1.807, 2.05) is 0 Å². The van der Waals surface area contributed by atoms with Gasteiger partial charge >= 0.3 is 0 Å². The minimum absolute atomic E-state index is 0.0311. The van der Waals surface area contributed by atoms with Gasteiger partial charge in [-0.1, -0.05) is 0 Å². The van der Waals surface area contributed by atoms with Gasteiger partial charge in [-0.15, -0.1) is 0 Å². The van der Waals surface area contributed by atoms with Gasteiger partial charge in [0.25, 0.3) is 5.92 Å². The second kappa shape index (κ2) is 3.46. The number of rotatable bonds is 3. The molecule has 1 aromatic rings. The van der Waals surface area contributed by atoms with Gasteiger partial charge in [0.15, 0.2) is 0 Å². The predicted octanol–water partition coefficient (Wildman–Crippen LogP) is 2.34. The molecule has 0 unspecified atom stereocenters. The van der Waals surface area contributed by atoms with Crippen LogP contribution in [0, 0.1) is 13.8 Å². The third kappa shape index (κ3) is 2.06. The van der Waals surface area contributed by atoms with E-state index >= 15 is 0 Å². The van der Waals surface area contributed by atoms with Crippen molar-refractivity contribution in [3.63, 3.8) is 0 Å². The van der Waals surface area contributed by atoms with Crippen LogP contribution in [0.4, 0.5) is 8.78 Å². The molecule has 0 amide bonds. The molecule has 2 nitrogen and oxygen atoms in total. The lowest BCUT2D eigenvalue weighted by Gasteiger charge is -2.13. The topological polar surface area (TPSA) is 39.2 Å². The molecule has 0 atom stereocenters. The van der Waals surface area contributed by atoms with Crippen molar-refractivity contribution in [3.05, 3.63) is 23.2 Å². The van der Waals surface area contributed by atoms with Crippen LogP contribution in [0.15, 0.2) is 10.5 Å². The van der Waals surface area contributed by atoms with E-state index in [2.05, 4.69) is 0 Å². The number of hydrogen-bond donors (Lipinski definition) is 1. The van der Waals surface area contributed by atoms with E-state index in [0.717, 1.165) is 0 Å². The zero-order chi connectivity index (χ0) is 10.1. The van der Waals surface area contributed by atoms with Crippen LogP contribution in [0.2, 0.25) is 0 Å². The highest BCUT2D eigenvalue weighted by molar-refractivity contribution is 5.25. The van der Waals surface area contributed by atoms with Crippen molar-refractivity contribution in [2.45, 2.75) is 26.2 Å². The van der Waals surface area contributed by atoms with Gasteiger partial charge in [-0.2, -0.15) is 0 Å². The normalized spacial score (nSPS) is 12.1. The summed E-state index contributed by atoms with van der Waals surface area (Å²) < 4.78 is 31.6. The quantitative estimate of drug-likeness (QED) is 0.792. The zero-order valence-electron chi connectivity index (χ0n) is 7.73. The largest absolute Gasteiger partial charge is 0.466 e. The molecule has 2 N–H and O–H groups in total. The Morgan fingerprint density at radius 3 is 2.46 bits per heavy atom. The van der Waals surface area contributed by atoms with Gasteiger partial charge in [-0.25, -0.2) is 8.78 Å². The van der Waals surface area contributed by atoms with E-state index in [1.165, 1.54) is 13.0 Å². The van der Waals surface area contributed by atoms with Gasteiger partial charge in [0.05, 0.1) is 5.56 Å². The smallest absolute Gasteiger partial charge is 0.277 e. The van der Waals surface area contributed by atoms with E-state index in [0.29, 0.717) is 5.76 Å². The van der Waals surface area contributed by atoms with Gasteiger partial charge in [-0.05, 0) is 26.5 Å². The molecule has 0 aromatic carbocycles. The standard InChI is InChI=1S/C9H13F2NO/c1-6-5-8(7(2)13-6)9(10,11)3-4-12/h5H,3-4,12H2,1-2H3. The zero-order valence-corrected chi connectivity index (χ0v) is 7.73. The summed E-state index contributed by atoms with van der Waals surface area (Å²) in [4.78, 5) is 0. The Morgan fingerprint density at radius 1 is 1.46 bits per heavy atom. The predicted molar refractivity (Wildman–Crippen MR) is 45.7 cm³/mol. The molecule has 1 rings (SSSR count). The van der Waals surface area contributed by atoms with Crippen molar-refractivity contribution >= 4 is 0 Å². The van der Waals surface area contributed by atoms with Crippen LogP contribution in [-0.2, 0) is 5.92 Å². The second-order valence-corrected chi connectivity index (χ2v) is 3.07. The van der Waals surface area contributed by atoms with Crippen molar-refractivity contribution in [1.82, 2.24) is 0 Å². The fraction of sp³-hybridized carbons (Fsp3) is 0.556.